The molecule has 1 aliphatic heterocycles. The molecule has 0 saturated heterocycles. The smallest absolute Gasteiger partial charge is 0.363 e. The van der Waals surface area contributed by atoms with Crippen LogP contribution in [0.5, 0.6) is 5.75 Å². The van der Waals surface area contributed by atoms with Crippen molar-refractivity contribution >= 4 is 52.7 Å². The fourth-order valence-corrected chi connectivity index (χ4v) is 3.56. The molecule has 0 unspecified atom stereocenters. The fraction of sp³-hybridized carbons (Fsp3) is 0.0435. The average molecular weight is 459 g/mol. The quantitative estimate of drug-likeness (QED) is 0.321. The van der Waals surface area contributed by atoms with E-state index in [0.29, 0.717) is 38.6 Å². The minimum absolute atomic E-state index is 0.130. The number of rotatable bonds is 5. The summed E-state index contributed by atoms with van der Waals surface area (Å²) in [6.07, 6.45) is 1.62. The van der Waals surface area contributed by atoms with Gasteiger partial charge in [-0.25, -0.2) is 9.79 Å². The zero-order chi connectivity index (χ0) is 21.1. The van der Waals surface area contributed by atoms with Gasteiger partial charge in [0.1, 0.15) is 12.4 Å². The normalized spacial score (nSPS) is 14.6. The number of ether oxygens (including phenoxy) is 2. The molecule has 0 aliphatic carbocycles. The van der Waals surface area contributed by atoms with Gasteiger partial charge in [-0.15, -0.1) is 0 Å². The van der Waals surface area contributed by atoms with Gasteiger partial charge in [0.15, 0.2) is 5.70 Å². The Bertz CT molecular complexity index is 1190. The number of halogens is 3. The molecule has 0 spiro atoms. The molecule has 0 amide bonds. The van der Waals surface area contributed by atoms with Crippen molar-refractivity contribution in [2.24, 2.45) is 4.99 Å². The van der Waals surface area contributed by atoms with Gasteiger partial charge in [-0.3, -0.25) is 0 Å². The molecule has 0 fully saturated rings. The number of cyclic esters (lactones) is 1. The standard InChI is InChI=1S/C23H14Cl3NO3/c24-16-6-3-4-14(10-16)13-29-21-7-2-1-5-15(21)11-20-23(28)30-22(27-20)18-9-8-17(25)12-19(18)26/h1-12H,13H2/b20-11-. The van der Waals surface area contributed by atoms with Crippen LogP contribution in [0.3, 0.4) is 0 Å². The van der Waals surface area contributed by atoms with Crippen molar-refractivity contribution in [3.05, 3.63) is 104 Å². The lowest BCUT2D eigenvalue weighted by Gasteiger charge is -2.09. The molecule has 0 bridgehead atoms. The van der Waals surface area contributed by atoms with Crippen LogP contribution in [0.1, 0.15) is 16.7 Å². The Kier molecular flexibility index (Phi) is 6.09. The maximum atomic E-state index is 12.3. The van der Waals surface area contributed by atoms with Crippen molar-refractivity contribution in [1.82, 2.24) is 0 Å². The van der Waals surface area contributed by atoms with Crippen LogP contribution < -0.4 is 4.74 Å². The lowest BCUT2D eigenvalue weighted by molar-refractivity contribution is -0.129. The molecule has 3 aromatic carbocycles. The summed E-state index contributed by atoms with van der Waals surface area (Å²) in [6, 6.07) is 19.6. The first-order valence-electron chi connectivity index (χ1n) is 8.94. The largest absolute Gasteiger partial charge is 0.488 e. The number of aliphatic imine (C=N–C) groups is 1. The van der Waals surface area contributed by atoms with Crippen molar-refractivity contribution in [2.75, 3.05) is 0 Å². The molecule has 0 aromatic heterocycles. The molecule has 7 heteroatoms. The summed E-state index contributed by atoms with van der Waals surface area (Å²) >= 11 is 18.1. The first kappa shape index (κ1) is 20.5. The Hall–Kier alpha value is -2.79. The van der Waals surface area contributed by atoms with Crippen molar-refractivity contribution < 1.29 is 14.3 Å². The first-order chi connectivity index (χ1) is 14.5. The SMILES string of the molecule is O=C1OC(c2ccc(Cl)cc2Cl)=N/C1=C\c1ccccc1OCc1cccc(Cl)c1. The van der Waals surface area contributed by atoms with Crippen molar-refractivity contribution in [2.45, 2.75) is 6.61 Å². The predicted molar refractivity (Wildman–Crippen MR) is 119 cm³/mol. The number of hydrogen-bond donors (Lipinski definition) is 0. The summed E-state index contributed by atoms with van der Waals surface area (Å²) in [5.41, 5.74) is 2.26. The third-order valence-corrected chi connectivity index (χ3v) is 5.06. The summed E-state index contributed by atoms with van der Waals surface area (Å²) < 4.78 is 11.2. The summed E-state index contributed by atoms with van der Waals surface area (Å²) in [7, 11) is 0. The molecule has 4 rings (SSSR count). The maximum Gasteiger partial charge on any atom is 0.363 e. The van der Waals surface area contributed by atoms with E-state index < -0.39 is 5.97 Å². The van der Waals surface area contributed by atoms with Crippen LogP contribution in [0.15, 0.2) is 77.4 Å². The number of carbonyl (C=O) groups is 1. The van der Waals surface area contributed by atoms with Gasteiger partial charge in [-0.2, -0.15) is 0 Å². The Morgan fingerprint density at radius 1 is 0.933 bits per heavy atom. The zero-order valence-corrected chi connectivity index (χ0v) is 17.7. The second kappa shape index (κ2) is 8.92. The summed E-state index contributed by atoms with van der Waals surface area (Å²) in [5, 5.41) is 1.47. The van der Waals surface area contributed by atoms with Crippen LogP contribution in [0, 0.1) is 0 Å². The number of hydrogen-bond acceptors (Lipinski definition) is 4. The number of carbonyl (C=O) groups excluding carboxylic acids is 1. The third kappa shape index (κ3) is 4.68. The Balaban J connectivity index is 1.60. The average Bonchev–Trinajstić information content (AvgIpc) is 3.07. The summed E-state index contributed by atoms with van der Waals surface area (Å²) in [6.45, 7) is 0.333. The minimum atomic E-state index is -0.569. The van der Waals surface area contributed by atoms with Gasteiger partial charge >= 0.3 is 5.97 Å². The second-order valence-electron chi connectivity index (χ2n) is 6.42. The van der Waals surface area contributed by atoms with Gasteiger partial charge in [-0.05, 0) is 48.0 Å². The van der Waals surface area contributed by atoms with Gasteiger partial charge in [-0.1, -0.05) is 65.1 Å². The summed E-state index contributed by atoms with van der Waals surface area (Å²) in [4.78, 5) is 16.6. The molecule has 30 heavy (non-hydrogen) atoms. The van der Waals surface area contributed by atoms with Crippen LogP contribution in [-0.2, 0) is 16.1 Å². The van der Waals surface area contributed by atoms with E-state index in [2.05, 4.69) is 4.99 Å². The van der Waals surface area contributed by atoms with E-state index in [1.54, 1.807) is 30.3 Å². The number of benzene rings is 3. The highest BCUT2D eigenvalue weighted by atomic mass is 35.5. The monoisotopic (exact) mass is 457 g/mol. The number of nitrogens with zero attached hydrogens (tertiary/aromatic N) is 1. The molecule has 1 heterocycles. The van der Waals surface area contributed by atoms with E-state index >= 15 is 0 Å². The van der Waals surface area contributed by atoms with Gasteiger partial charge < -0.3 is 9.47 Å². The van der Waals surface area contributed by atoms with Crippen molar-refractivity contribution in [3.63, 3.8) is 0 Å². The van der Waals surface area contributed by atoms with Crippen LogP contribution in [0.4, 0.5) is 0 Å². The van der Waals surface area contributed by atoms with E-state index in [0.717, 1.165) is 5.56 Å². The van der Waals surface area contributed by atoms with Crippen LogP contribution in [0.25, 0.3) is 6.08 Å². The highest BCUT2D eigenvalue weighted by Crippen LogP contribution is 2.28. The Morgan fingerprint density at radius 3 is 2.53 bits per heavy atom. The molecule has 0 atom stereocenters. The molecule has 4 nitrogen and oxygen atoms in total. The first-order valence-corrected chi connectivity index (χ1v) is 10.1. The lowest BCUT2D eigenvalue weighted by Crippen LogP contribution is -2.06. The molecule has 0 radical (unpaired) electrons. The second-order valence-corrected chi connectivity index (χ2v) is 7.70. The fourth-order valence-electron chi connectivity index (χ4n) is 2.85. The Labute approximate surface area is 188 Å². The highest BCUT2D eigenvalue weighted by molar-refractivity contribution is 6.37. The van der Waals surface area contributed by atoms with Crippen LogP contribution >= 0.6 is 34.8 Å². The topological polar surface area (TPSA) is 47.9 Å². The number of para-hydroxylation sites is 1. The predicted octanol–water partition coefficient (Wildman–Crippen LogP) is 6.57. The van der Waals surface area contributed by atoms with E-state index in [9.17, 15) is 4.79 Å². The van der Waals surface area contributed by atoms with Crippen LogP contribution in [-0.4, -0.2) is 11.9 Å². The van der Waals surface area contributed by atoms with Gasteiger partial charge in [0.05, 0.1) is 10.6 Å². The number of esters is 1. The van der Waals surface area contributed by atoms with Gasteiger partial charge in [0, 0.05) is 15.6 Å². The highest BCUT2D eigenvalue weighted by Gasteiger charge is 2.26. The molecule has 150 valence electrons. The minimum Gasteiger partial charge on any atom is -0.488 e. The summed E-state index contributed by atoms with van der Waals surface area (Å²) in [5.74, 6) is 0.164. The van der Waals surface area contributed by atoms with Crippen molar-refractivity contribution in [1.29, 1.82) is 0 Å². The van der Waals surface area contributed by atoms with Gasteiger partial charge in [0.2, 0.25) is 5.90 Å². The molecule has 0 saturated carbocycles. The van der Waals surface area contributed by atoms with E-state index in [1.165, 1.54) is 0 Å². The van der Waals surface area contributed by atoms with Crippen molar-refractivity contribution in [3.8, 4) is 5.75 Å². The molecular formula is C23H14Cl3NO3. The molecule has 0 N–H and O–H groups in total. The van der Waals surface area contributed by atoms with Crippen LogP contribution in [0.2, 0.25) is 15.1 Å². The lowest BCUT2D eigenvalue weighted by atomic mass is 10.1. The molecular weight excluding hydrogens is 445 g/mol. The van der Waals surface area contributed by atoms with Gasteiger partial charge in [0.25, 0.3) is 0 Å². The van der Waals surface area contributed by atoms with E-state index in [1.807, 2.05) is 42.5 Å². The third-order valence-electron chi connectivity index (χ3n) is 4.28. The molecule has 3 aromatic rings. The maximum absolute atomic E-state index is 12.3. The molecule has 1 aliphatic rings. The van der Waals surface area contributed by atoms with E-state index in [4.69, 9.17) is 44.3 Å². The zero-order valence-electron chi connectivity index (χ0n) is 15.4. The van der Waals surface area contributed by atoms with E-state index in [-0.39, 0.29) is 11.6 Å². The Morgan fingerprint density at radius 2 is 1.73 bits per heavy atom.